The Morgan fingerprint density at radius 3 is 2.41 bits per heavy atom. The normalized spacial score (nSPS) is 13.7. The van der Waals surface area contributed by atoms with Gasteiger partial charge in [0.15, 0.2) is 0 Å². The lowest BCUT2D eigenvalue weighted by Gasteiger charge is -2.13. The highest BCUT2D eigenvalue weighted by atomic mass is 19.1. The van der Waals surface area contributed by atoms with Gasteiger partial charge in [-0.15, -0.1) is 0 Å². The first kappa shape index (κ1) is 20.4. The van der Waals surface area contributed by atoms with Crippen molar-refractivity contribution in [3.63, 3.8) is 0 Å². The van der Waals surface area contributed by atoms with Crippen molar-refractivity contribution in [3.8, 4) is 0 Å². The zero-order valence-electron chi connectivity index (χ0n) is 14.5. The van der Waals surface area contributed by atoms with Crippen LogP contribution in [0.5, 0.6) is 0 Å². The van der Waals surface area contributed by atoms with Crippen molar-refractivity contribution < 1.29 is 13.9 Å². The number of hydrogen-bond donors (Lipinski definition) is 1. The SMILES string of the molecule is CC.CC.CC(CC1CC1)NC(=O)OCc1ccccc1F. The second-order valence-electron chi connectivity index (χ2n) is 4.89. The number of rotatable bonds is 5. The van der Waals surface area contributed by atoms with Crippen molar-refractivity contribution in [1.82, 2.24) is 5.32 Å². The number of benzene rings is 1. The van der Waals surface area contributed by atoms with Gasteiger partial charge in [-0.05, 0) is 25.3 Å². The van der Waals surface area contributed by atoms with Crippen molar-refractivity contribution in [2.75, 3.05) is 0 Å². The molecule has 0 bridgehead atoms. The maximum absolute atomic E-state index is 13.3. The third-order valence-corrected chi connectivity index (χ3v) is 3.06. The molecule has 1 aliphatic rings. The molecule has 1 aromatic carbocycles. The van der Waals surface area contributed by atoms with Crippen LogP contribution in [-0.4, -0.2) is 12.1 Å². The topological polar surface area (TPSA) is 38.3 Å². The van der Waals surface area contributed by atoms with Crippen LogP contribution in [0.2, 0.25) is 0 Å². The molecule has 1 unspecified atom stereocenters. The lowest BCUT2D eigenvalue weighted by atomic mass is 10.2. The Labute approximate surface area is 134 Å². The summed E-state index contributed by atoms with van der Waals surface area (Å²) in [7, 11) is 0. The standard InChI is InChI=1S/C14H18FNO2.2C2H6/c1-10(8-11-6-7-11)16-14(17)18-9-12-4-2-3-5-13(12)15;2*1-2/h2-5,10-11H,6-9H2,1H3,(H,16,17);2*1-2H3. The third-order valence-electron chi connectivity index (χ3n) is 3.06. The van der Waals surface area contributed by atoms with Crippen molar-refractivity contribution in [3.05, 3.63) is 35.6 Å². The van der Waals surface area contributed by atoms with Gasteiger partial charge >= 0.3 is 6.09 Å². The molecule has 1 atom stereocenters. The molecule has 0 radical (unpaired) electrons. The van der Waals surface area contributed by atoms with Gasteiger partial charge in [-0.25, -0.2) is 9.18 Å². The van der Waals surface area contributed by atoms with Gasteiger partial charge in [-0.3, -0.25) is 0 Å². The van der Waals surface area contributed by atoms with E-state index in [-0.39, 0.29) is 18.5 Å². The summed E-state index contributed by atoms with van der Waals surface area (Å²) in [6, 6.07) is 6.40. The summed E-state index contributed by atoms with van der Waals surface area (Å²) in [4.78, 5) is 11.5. The van der Waals surface area contributed by atoms with Gasteiger partial charge in [0.1, 0.15) is 12.4 Å². The molecule has 1 aliphatic carbocycles. The predicted molar refractivity (Wildman–Crippen MR) is 89.2 cm³/mol. The number of carbonyl (C=O) groups is 1. The number of halogens is 1. The number of hydrogen-bond acceptors (Lipinski definition) is 2. The average molecular weight is 311 g/mol. The summed E-state index contributed by atoms with van der Waals surface area (Å²) >= 11 is 0. The van der Waals surface area contributed by atoms with Crippen LogP contribution in [0.1, 0.15) is 59.4 Å². The van der Waals surface area contributed by atoms with Crippen LogP contribution in [0, 0.1) is 11.7 Å². The predicted octanol–water partition coefficient (Wildman–Crippen LogP) is 5.29. The van der Waals surface area contributed by atoms with Crippen LogP contribution in [0.25, 0.3) is 0 Å². The highest BCUT2D eigenvalue weighted by Crippen LogP contribution is 2.33. The monoisotopic (exact) mass is 311 g/mol. The first-order chi connectivity index (χ1) is 10.6. The zero-order chi connectivity index (χ0) is 17.0. The molecular formula is C18H30FNO2. The van der Waals surface area contributed by atoms with E-state index in [4.69, 9.17) is 4.74 Å². The van der Waals surface area contributed by atoms with Gasteiger partial charge in [0.05, 0.1) is 0 Å². The van der Waals surface area contributed by atoms with Crippen molar-refractivity contribution >= 4 is 6.09 Å². The van der Waals surface area contributed by atoms with E-state index in [2.05, 4.69) is 5.32 Å². The molecule has 0 aromatic heterocycles. The van der Waals surface area contributed by atoms with E-state index in [1.165, 1.54) is 18.9 Å². The van der Waals surface area contributed by atoms with Crippen LogP contribution in [0.3, 0.4) is 0 Å². The molecule has 0 heterocycles. The molecule has 0 spiro atoms. The van der Waals surface area contributed by atoms with Crippen molar-refractivity contribution in [2.45, 2.75) is 66.5 Å². The molecular weight excluding hydrogens is 281 g/mol. The molecule has 4 heteroatoms. The van der Waals surface area contributed by atoms with Crippen LogP contribution in [-0.2, 0) is 11.3 Å². The minimum atomic E-state index is -0.480. The molecule has 1 amide bonds. The molecule has 3 nitrogen and oxygen atoms in total. The Kier molecular flexibility index (Phi) is 11.2. The molecule has 1 saturated carbocycles. The first-order valence-electron chi connectivity index (χ1n) is 8.32. The Hall–Kier alpha value is -1.58. The number of ether oxygens (including phenoxy) is 1. The minimum absolute atomic E-state index is 0.0331. The summed E-state index contributed by atoms with van der Waals surface area (Å²) in [5.74, 6) is 0.406. The summed E-state index contributed by atoms with van der Waals surface area (Å²) in [5, 5.41) is 2.76. The zero-order valence-corrected chi connectivity index (χ0v) is 14.5. The Bertz CT molecular complexity index is 419. The number of carbonyl (C=O) groups excluding carboxylic acids is 1. The number of alkyl carbamates (subject to hydrolysis) is 1. The Balaban J connectivity index is 0.00000102. The van der Waals surface area contributed by atoms with E-state index in [0.717, 1.165) is 12.3 Å². The first-order valence-corrected chi connectivity index (χ1v) is 8.32. The van der Waals surface area contributed by atoms with E-state index in [1.54, 1.807) is 18.2 Å². The van der Waals surface area contributed by atoms with E-state index < -0.39 is 6.09 Å². The summed E-state index contributed by atoms with van der Waals surface area (Å²) in [6.45, 7) is 9.93. The lowest BCUT2D eigenvalue weighted by molar-refractivity contribution is 0.134. The molecule has 1 N–H and O–H groups in total. The highest BCUT2D eigenvalue weighted by Gasteiger charge is 2.24. The molecule has 2 rings (SSSR count). The van der Waals surface area contributed by atoms with Gasteiger partial charge in [0.2, 0.25) is 0 Å². The second kappa shape index (κ2) is 12.0. The smallest absolute Gasteiger partial charge is 0.407 e. The molecule has 1 fully saturated rings. The highest BCUT2D eigenvalue weighted by molar-refractivity contribution is 5.67. The fourth-order valence-corrected chi connectivity index (χ4v) is 1.91. The average Bonchev–Trinajstić information content (AvgIpc) is 3.34. The summed E-state index contributed by atoms with van der Waals surface area (Å²) in [5.41, 5.74) is 0.391. The summed E-state index contributed by atoms with van der Waals surface area (Å²) in [6.07, 6.45) is 3.04. The second-order valence-corrected chi connectivity index (χ2v) is 4.89. The van der Waals surface area contributed by atoms with Crippen LogP contribution >= 0.6 is 0 Å². The molecule has 0 saturated heterocycles. The number of amides is 1. The van der Waals surface area contributed by atoms with E-state index in [0.29, 0.717) is 5.56 Å². The van der Waals surface area contributed by atoms with Gasteiger partial charge in [-0.1, -0.05) is 58.7 Å². The molecule has 0 aliphatic heterocycles. The fourth-order valence-electron chi connectivity index (χ4n) is 1.91. The molecule has 22 heavy (non-hydrogen) atoms. The maximum atomic E-state index is 13.3. The quantitative estimate of drug-likeness (QED) is 0.802. The molecule has 126 valence electrons. The van der Waals surface area contributed by atoms with Gasteiger partial charge in [0, 0.05) is 11.6 Å². The Morgan fingerprint density at radius 2 is 1.86 bits per heavy atom. The van der Waals surface area contributed by atoms with Crippen molar-refractivity contribution in [2.24, 2.45) is 5.92 Å². The summed E-state index contributed by atoms with van der Waals surface area (Å²) < 4.78 is 18.3. The largest absolute Gasteiger partial charge is 0.445 e. The fraction of sp³-hybridized carbons (Fsp3) is 0.611. The number of nitrogens with one attached hydrogen (secondary N) is 1. The van der Waals surface area contributed by atoms with Crippen LogP contribution < -0.4 is 5.32 Å². The lowest BCUT2D eigenvalue weighted by Crippen LogP contribution is -2.33. The third kappa shape index (κ3) is 8.65. The van der Waals surface area contributed by atoms with Crippen LogP contribution in [0.15, 0.2) is 24.3 Å². The maximum Gasteiger partial charge on any atom is 0.407 e. The van der Waals surface area contributed by atoms with Crippen molar-refractivity contribution in [1.29, 1.82) is 0 Å². The van der Waals surface area contributed by atoms with E-state index >= 15 is 0 Å². The van der Waals surface area contributed by atoms with E-state index in [1.807, 2.05) is 34.6 Å². The van der Waals surface area contributed by atoms with Gasteiger partial charge < -0.3 is 10.1 Å². The van der Waals surface area contributed by atoms with E-state index in [9.17, 15) is 9.18 Å². The molecule has 1 aromatic rings. The minimum Gasteiger partial charge on any atom is -0.445 e. The van der Waals surface area contributed by atoms with Crippen LogP contribution in [0.4, 0.5) is 9.18 Å². The van der Waals surface area contributed by atoms with Gasteiger partial charge in [0.25, 0.3) is 0 Å². The Morgan fingerprint density at radius 1 is 1.27 bits per heavy atom. The van der Waals surface area contributed by atoms with Gasteiger partial charge in [-0.2, -0.15) is 0 Å².